The lowest BCUT2D eigenvalue weighted by atomic mass is 9.94. The Hall–Kier alpha value is -2.26. The van der Waals surface area contributed by atoms with Crippen molar-refractivity contribution < 1.29 is 0 Å². The minimum absolute atomic E-state index is 0.859. The molecule has 0 bridgehead atoms. The molecule has 0 saturated carbocycles. The van der Waals surface area contributed by atoms with Crippen molar-refractivity contribution in [3.8, 4) is 23.0 Å². The molecule has 0 aromatic heterocycles. The quantitative estimate of drug-likeness (QED) is 0.494. The summed E-state index contributed by atoms with van der Waals surface area (Å²) < 4.78 is 0. The van der Waals surface area contributed by atoms with Gasteiger partial charge in [0.05, 0.1) is 0 Å². The van der Waals surface area contributed by atoms with Gasteiger partial charge in [-0.15, -0.1) is 0 Å². The third-order valence-electron chi connectivity index (χ3n) is 3.74. The van der Waals surface area contributed by atoms with E-state index in [0.717, 1.165) is 12.8 Å². The molecule has 2 aliphatic rings. The number of benzene rings is 2. The highest BCUT2D eigenvalue weighted by Crippen LogP contribution is 2.46. The summed E-state index contributed by atoms with van der Waals surface area (Å²) in [5.41, 5.74) is 8.25. The van der Waals surface area contributed by atoms with Gasteiger partial charge in [0, 0.05) is 12.8 Å². The molecule has 0 heterocycles. The molecule has 0 N–H and O–H groups in total. The molecule has 0 spiro atoms. The van der Waals surface area contributed by atoms with Crippen LogP contribution >= 0.6 is 0 Å². The first kappa shape index (κ1) is 12.8. The Bertz CT molecular complexity index is 736. The predicted molar refractivity (Wildman–Crippen MR) is 86.4 cm³/mol. The Morgan fingerprint density at radius 1 is 0.800 bits per heavy atom. The maximum atomic E-state index is 3.25. The highest BCUT2D eigenvalue weighted by atomic mass is 14.3. The van der Waals surface area contributed by atoms with Crippen molar-refractivity contribution in [2.24, 2.45) is 0 Å². The summed E-state index contributed by atoms with van der Waals surface area (Å²) in [6.45, 7) is 4.00. The van der Waals surface area contributed by atoms with Gasteiger partial charge in [-0.05, 0) is 33.4 Å². The Balaban J connectivity index is 0.000000581. The van der Waals surface area contributed by atoms with Crippen molar-refractivity contribution >= 4 is 5.57 Å². The van der Waals surface area contributed by atoms with Gasteiger partial charge in [-0.25, -0.2) is 0 Å². The molecular weight excluding hydrogens is 240 g/mol. The largest absolute Gasteiger partial charge is 0.0988 e. The molecule has 0 unspecified atom stereocenters. The smallest absolute Gasteiger partial charge is 0.0346 e. The molecule has 20 heavy (non-hydrogen) atoms. The summed E-state index contributed by atoms with van der Waals surface area (Å²) in [6, 6.07) is 15.3. The van der Waals surface area contributed by atoms with Gasteiger partial charge in [0.2, 0.25) is 0 Å². The SMILES string of the molecule is C1#CCc2cccc3c2/C(=C\C1)c1ccccc1-3.CC. The molecule has 98 valence electrons. The lowest BCUT2D eigenvalue weighted by Gasteiger charge is -2.09. The summed E-state index contributed by atoms with van der Waals surface area (Å²) >= 11 is 0. The van der Waals surface area contributed by atoms with E-state index in [2.05, 4.69) is 60.4 Å². The van der Waals surface area contributed by atoms with Gasteiger partial charge >= 0.3 is 0 Å². The van der Waals surface area contributed by atoms with E-state index in [0.29, 0.717) is 0 Å². The topological polar surface area (TPSA) is 0 Å². The van der Waals surface area contributed by atoms with Crippen LogP contribution in [0.2, 0.25) is 0 Å². The third-order valence-corrected chi connectivity index (χ3v) is 3.74. The van der Waals surface area contributed by atoms with Crippen molar-refractivity contribution in [2.45, 2.75) is 26.7 Å². The molecule has 0 nitrogen and oxygen atoms in total. The summed E-state index contributed by atoms with van der Waals surface area (Å²) in [6.07, 6.45) is 4.01. The van der Waals surface area contributed by atoms with Crippen molar-refractivity contribution in [1.82, 2.24) is 0 Å². The lowest BCUT2D eigenvalue weighted by Crippen LogP contribution is -1.93. The van der Waals surface area contributed by atoms with Crippen LogP contribution in [-0.2, 0) is 6.42 Å². The minimum atomic E-state index is 0.859. The van der Waals surface area contributed by atoms with Crippen LogP contribution in [0.5, 0.6) is 0 Å². The molecule has 2 aliphatic carbocycles. The van der Waals surface area contributed by atoms with Gasteiger partial charge in [-0.3, -0.25) is 0 Å². The molecular formula is C20H18. The van der Waals surface area contributed by atoms with Crippen LogP contribution in [0, 0.1) is 11.8 Å². The number of hydrogen-bond acceptors (Lipinski definition) is 0. The highest BCUT2D eigenvalue weighted by Gasteiger charge is 2.24. The van der Waals surface area contributed by atoms with Crippen LogP contribution in [0.25, 0.3) is 16.7 Å². The fraction of sp³-hybridized carbons (Fsp3) is 0.200. The van der Waals surface area contributed by atoms with Crippen LogP contribution in [0.4, 0.5) is 0 Å². The molecule has 0 atom stereocenters. The van der Waals surface area contributed by atoms with Crippen molar-refractivity contribution in [1.29, 1.82) is 0 Å². The van der Waals surface area contributed by atoms with Crippen LogP contribution in [0.1, 0.15) is 37.0 Å². The lowest BCUT2D eigenvalue weighted by molar-refractivity contribution is 1.28. The zero-order chi connectivity index (χ0) is 13.9. The van der Waals surface area contributed by atoms with Crippen LogP contribution in [-0.4, -0.2) is 0 Å². The molecule has 0 saturated heterocycles. The van der Waals surface area contributed by atoms with E-state index in [-0.39, 0.29) is 0 Å². The fourth-order valence-corrected chi connectivity index (χ4v) is 2.97. The summed E-state index contributed by atoms with van der Waals surface area (Å²) in [4.78, 5) is 0. The van der Waals surface area contributed by atoms with E-state index in [4.69, 9.17) is 0 Å². The van der Waals surface area contributed by atoms with E-state index < -0.39 is 0 Å². The van der Waals surface area contributed by atoms with Gasteiger partial charge in [0.25, 0.3) is 0 Å². The van der Waals surface area contributed by atoms with Crippen LogP contribution in [0.15, 0.2) is 48.5 Å². The first-order valence-electron chi connectivity index (χ1n) is 7.33. The zero-order valence-electron chi connectivity index (χ0n) is 12.0. The van der Waals surface area contributed by atoms with E-state index in [1.165, 1.54) is 33.4 Å². The van der Waals surface area contributed by atoms with Crippen molar-refractivity contribution in [3.05, 3.63) is 65.2 Å². The van der Waals surface area contributed by atoms with Crippen LogP contribution < -0.4 is 0 Å². The maximum Gasteiger partial charge on any atom is 0.0346 e. The molecule has 0 amide bonds. The predicted octanol–water partition coefficient (Wildman–Crippen LogP) is 5.07. The van der Waals surface area contributed by atoms with Crippen LogP contribution in [0.3, 0.4) is 0 Å². The Kier molecular flexibility index (Phi) is 3.44. The Morgan fingerprint density at radius 2 is 1.55 bits per heavy atom. The standard InChI is InChI=1S/C18H12.C2H6/c1-2-7-13-8-6-12-17-15-10-5-4-9-14(15)16(11-3-1)18(13)17;1-2/h4-6,8-12H,3,7H2;1-2H3/b16-11-;. The Labute approximate surface area is 121 Å². The zero-order valence-corrected chi connectivity index (χ0v) is 12.0. The minimum Gasteiger partial charge on any atom is -0.0988 e. The first-order valence-corrected chi connectivity index (χ1v) is 7.33. The van der Waals surface area contributed by atoms with Crippen molar-refractivity contribution in [2.75, 3.05) is 0 Å². The number of allylic oxidation sites excluding steroid dienone is 1. The summed E-state index contributed by atoms with van der Waals surface area (Å²) in [5.74, 6) is 6.47. The van der Waals surface area contributed by atoms with Gasteiger partial charge in [-0.2, -0.15) is 0 Å². The number of rotatable bonds is 0. The fourth-order valence-electron chi connectivity index (χ4n) is 2.97. The average Bonchev–Trinajstić information content (AvgIpc) is 2.81. The van der Waals surface area contributed by atoms with E-state index in [1.54, 1.807) is 0 Å². The summed E-state index contributed by atoms with van der Waals surface area (Å²) in [7, 11) is 0. The van der Waals surface area contributed by atoms with Gasteiger partial charge in [-0.1, -0.05) is 74.2 Å². The highest BCUT2D eigenvalue weighted by molar-refractivity contribution is 6.02. The normalized spacial score (nSPS) is 16.0. The van der Waals surface area contributed by atoms with Crippen molar-refractivity contribution in [3.63, 3.8) is 0 Å². The summed E-state index contributed by atoms with van der Waals surface area (Å²) in [5, 5.41) is 0. The molecule has 2 aromatic carbocycles. The van der Waals surface area contributed by atoms with E-state index >= 15 is 0 Å². The van der Waals surface area contributed by atoms with E-state index in [1.807, 2.05) is 13.8 Å². The van der Waals surface area contributed by atoms with E-state index in [9.17, 15) is 0 Å². The third kappa shape index (κ3) is 1.87. The molecule has 0 aliphatic heterocycles. The maximum absolute atomic E-state index is 3.25. The van der Waals surface area contributed by atoms with Gasteiger partial charge in [0.15, 0.2) is 0 Å². The first-order chi connectivity index (χ1) is 9.95. The molecule has 2 aromatic rings. The monoisotopic (exact) mass is 258 g/mol. The molecule has 0 heteroatoms. The number of hydrogen-bond donors (Lipinski definition) is 0. The second kappa shape index (κ2) is 5.39. The van der Waals surface area contributed by atoms with Gasteiger partial charge < -0.3 is 0 Å². The molecule has 0 fully saturated rings. The second-order valence-electron chi connectivity index (χ2n) is 4.74. The molecule has 0 radical (unpaired) electrons. The van der Waals surface area contributed by atoms with Gasteiger partial charge in [0.1, 0.15) is 0 Å². The number of fused-ring (bicyclic) bond motifs is 3. The average molecular weight is 258 g/mol. The molecule has 4 rings (SSSR count). The second-order valence-corrected chi connectivity index (χ2v) is 4.74. The Morgan fingerprint density at radius 3 is 2.40 bits per heavy atom.